The van der Waals surface area contributed by atoms with Gasteiger partial charge in [0.15, 0.2) is 18.1 Å². The van der Waals surface area contributed by atoms with Gasteiger partial charge in [-0.15, -0.1) is 5.10 Å². The van der Waals surface area contributed by atoms with Crippen LogP contribution in [-0.4, -0.2) is 56.7 Å². The second-order valence-electron chi connectivity index (χ2n) is 7.46. The molecule has 3 aromatic rings. The van der Waals surface area contributed by atoms with Crippen molar-refractivity contribution in [2.45, 2.75) is 19.8 Å². The maximum atomic E-state index is 13.0. The van der Waals surface area contributed by atoms with Gasteiger partial charge in [-0.25, -0.2) is 4.79 Å². The first-order valence-electron chi connectivity index (χ1n) is 10.2. The number of carbonyl (C=O) groups excluding carboxylic acids is 2. The molecule has 0 atom stereocenters. The van der Waals surface area contributed by atoms with Crippen molar-refractivity contribution >= 4 is 23.6 Å². The number of rotatable bonds is 6. The first-order chi connectivity index (χ1) is 15.1. The minimum Gasteiger partial charge on any atom is -0.465 e. The molecule has 0 spiro atoms. The lowest BCUT2D eigenvalue weighted by Crippen LogP contribution is -2.40. The average Bonchev–Trinajstić information content (AvgIpc) is 3.49. The smallest absolute Gasteiger partial charge is 0.357 e. The zero-order valence-electron chi connectivity index (χ0n) is 17.2. The summed E-state index contributed by atoms with van der Waals surface area (Å²) < 4.78 is 12.0. The third-order valence-electron chi connectivity index (χ3n) is 5.22. The highest BCUT2D eigenvalue weighted by molar-refractivity contribution is 6.15. The fourth-order valence-corrected chi connectivity index (χ4v) is 3.38. The van der Waals surface area contributed by atoms with Crippen molar-refractivity contribution in [1.29, 1.82) is 0 Å². The van der Waals surface area contributed by atoms with E-state index in [0.29, 0.717) is 30.6 Å². The topological polar surface area (TPSA) is 103 Å². The molecule has 1 amide bonds. The number of hydrogen-bond acceptors (Lipinski definition) is 7. The highest BCUT2D eigenvalue weighted by Gasteiger charge is 2.24. The molecule has 1 aromatic carbocycles. The van der Waals surface area contributed by atoms with Gasteiger partial charge in [0.2, 0.25) is 0 Å². The van der Waals surface area contributed by atoms with Crippen LogP contribution >= 0.6 is 0 Å². The molecule has 0 bridgehead atoms. The Morgan fingerprint density at radius 1 is 1.16 bits per heavy atom. The van der Waals surface area contributed by atoms with Crippen LogP contribution in [0.2, 0.25) is 0 Å². The van der Waals surface area contributed by atoms with Crippen LogP contribution in [0.4, 0.5) is 0 Å². The Bertz CT molecular complexity index is 1050. The van der Waals surface area contributed by atoms with Crippen molar-refractivity contribution < 1.29 is 18.7 Å². The number of carbonyl (C=O) groups is 2. The number of ether oxygens (including phenoxy) is 1. The minimum atomic E-state index is -0.723. The molecular weight excluding hydrogens is 398 g/mol. The van der Waals surface area contributed by atoms with E-state index >= 15 is 0 Å². The van der Waals surface area contributed by atoms with Crippen LogP contribution in [0.5, 0.6) is 0 Å². The molecule has 1 fully saturated rings. The number of piperidine rings is 1. The van der Waals surface area contributed by atoms with Crippen molar-refractivity contribution in [2.24, 2.45) is 5.92 Å². The molecule has 3 heterocycles. The van der Waals surface area contributed by atoms with Gasteiger partial charge >= 0.3 is 5.97 Å². The van der Waals surface area contributed by atoms with Gasteiger partial charge < -0.3 is 14.1 Å². The maximum absolute atomic E-state index is 13.0. The molecule has 2 aromatic heterocycles. The number of tetrazole rings is 1. The first-order valence-corrected chi connectivity index (χ1v) is 10.2. The lowest BCUT2D eigenvalue weighted by molar-refractivity contribution is -0.148. The molecule has 0 N–H and O–H groups in total. The highest BCUT2D eigenvalue weighted by atomic mass is 16.5. The normalized spacial score (nSPS) is 15.1. The SMILES string of the molecule is CC1CCN(C(=O)COC(=O)/C(=C/c2ccco2)n2nnnc2-c2ccccc2)CC1. The highest BCUT2D eigenvalue weighted by Crippen LogP contribution is 2.21. The Morgan fingerprint density at radius 2 is 1.94 bits per heavy atom. The molecule has 0 aliphatic carbocycles. The van der Waals surface area contributed by atoms with Crippen LogP contribution in [0.3, 0.4) is 0 Å². The molecule has 160 valence electrons. The van der Waals surface area contributed by atoms with Crippen LogP contribution in [-0.2, 0) is 14.3 Å². The third kappa shape index (κ3) is 4.88. The third-order valence-corrected chi connectivity index (χ3v) is 5.22. The lowest BCUT2D eigenvalue weighted by atomic mass is 9.99. The van der Waals surface area contributed by atoms with E-state index in [0.717, 1.165) is 18.4 Å². The summed E-state index contributed by atoms with van der Waals surface area (Å²) >= 11 is 0. The zero-order valence-corrected chi connectivity index (χ0v) is 17.2. The molecule has 0 radical (unpaired) electrons. The molecule has 9 nitrogen and oxygen atoms in total. The Labute approximate surface area is 179 Å². The molecule has 9 heteroatoms. The van der Waals surface area contributed by atoms with Crippen LogP contribution in [0.15, 0.2) is 53.1 Å². The van der Waals surface area contributed by atoms with E-state index in [1.54, 1.807) is 17.0 Å². The fourth-order valence-electron chi connectivity index (χ4n) is 3.38. The van der Waals surface area contributed by atoms with E-state index in [-0.39, 0.29) is 18.2 Å². The number of hydrogen-bond donors (Lipinski definition) is 0. The zero-order chi connectivity index (χ0) is 21.6. The molecular formula is C22H23N5O4. The predicted molar refractivity (Wildman–Crippen MR) is 112 cm³/mol. The predicted octanol–water partition coefficient (Wildman–Crippen LogP) is 2.73. The number of likely N-dealkylation sites (tertiary alicyclic amines) is 1. The van der Waals surface area contributed by atoms with Gasteiger partial charge in [0.05, 0.1) is 6.26 Å². The summed E-state index contributed by atoms with van der Waals surface area (Å²) in [7, 11) is 0. The van der Waals surface area contributed by atoms with Crippen molar-refractivity contribution in [1.82, 2.24) is 25.1 Å². The summed E-state index contributed by atoms with van der Waals surface area (Å²) in [6.45, 7) is 3.19. The van der Waals surface area contributed by atoms with Gasteiger partial charge in [-0.2, -0.15) is 4.68 Å². The van der Waals surface area contributed by atoms with Gasteiger partial charge in [0, 0.05) is 24.7 Å². The van der Waals surface area contributed by atoms with Crippen molar-refractivity contribution in [3.05, 3.63) is 54.5 Å². The van der Waals surface area contributed by atoms with Crippen molar-refractivity contribution in [2.75, 3.05) is 19.7 Å². The molecule has 1 saturated heterocycles. The molecule has 31 heavy (non-hydrogen) atoms. The number of aromatic nitrogens is 4. The Morgan fingerprint density at radius 3 is 2.65 bits per heavy atom. The number of nitrogens with zero attached hydrogens (tertiary/aromatic N) is 5. The maximum Gasteiger partial charge on any atom is 0.357 e. The van der Waals surface area contributed by atoms with Gasteiger partial charge in [-0.05, 0) is 41.3 Å². The van der Waals surface area contributed by atoms with Gasteiger partial charge in [0.25, 0.3) is 5.91 Å². The van der Waals surface area contributed by atoms with E-state index in [1.165, 1.54) is 17.0 Å². The Balaban J connectivity index is 1.55. The summed E-state index contributed by atoms with van der Waals surface area (Å²) in [4.78, 5) is 27.2. The molecule has 1 aliphatic rings. The largest absolute Gasteiger partial charge is 0.465 e. The van der Waals surface area contributed by atoms with Gasteiger partial charge in [0.1, 0.15) is 5.76 Å². The summed E-state index contributed by atoms with van der Waals surface area (Å²) in [6, 6.07) is 12.6. The first kappa shape index (κ1) is 20.5. The number of furan rings is 1. The standard InChI is InChI=1S/C22H23N5O4/c1-16-9-11-26(12-10-16)20(28)15-31-22(29)19(14-18-8-5-13-30-18)27-21(23-24-25-27)17-6-3-2-4-7-17/h2-8,13-14,16H,9-12,15H2,1H3/b19-14-. The van der Waals surface area contributed by atoms with E-state index in [1.807, 2.05) is 30.3 Å². The van der Waals surface area contributed by atoms with Crippen LogP contribution in [0.25, 0.3) is 23.2 Å². The van der Waals surface area contributed by atoms with E-state index in [4.69, 9.17) is 9.15 Å². The second kappa shape index (κ2) is 9.38. The molecule has 1 aliphatic heterocycles. The number of benzene rings is 1. The van der Waals surface area contributed by atoms with Gasteiger partial charge in [-0.1, -0.05) is 37.3 Å². The van der Waals surface area contributed by atoms with E-state index in [2.05, 4.69) is 22.4 Å². The fraction of sp³-hybridized carbons (Fsp3) is 0.318. The molecule has 4 rings (SSSR count). The number of esters is 1. The quantitative estimate of drug-likeness (QED) is 0.445. The van der Waals surface area contributed by atoms with Crippen LogP contribution in [0, 0.1) is 5.92 Å². The van der Waals surface area contributed by atoms with Crippen LogP contribution < -0.4 is 0 Å². The van der Waals surface area contributed by atoms with E-state index < -0.39 is 5.97 Å². The second-order valence-corrected chi connectivity index (χ2v) is 7.46. The average molecular weight is 421 g/mol. The Hall–Kier alpha value is -3.75. The van der Waals surface area contributed by atoms with Crippen LogP contribution in [0.1, 0.15) is 25.5 Å². The van der Waals surface area contributed by atoms with E-state index in [9.17, 15) is 9.59 Å². The number of amides is 1. The molecule has 0 saturated carbocycles. The molecule has 0 unspecified atom stereocenters. The monoisotopic (exact) mass is 421 g/mol. The van der Waals surface area contributed by atoms with Crippen molar-refractivity contribution in [3.63, 3.8) is 0 Å². The van der Waals surface area contributed by atoms with Gasteiger partial charge in [-0.3, -0.25) is 4.79 Å². The lowest BCUT2D eigenvalue weighted by Gasteiger charge is -2.30. The summed E-state index contributed by atoms with van der Waals surface area (Å²) in [5.41, 5.74) is 0.767. The minimum absolute atomic E-state index is 0.0406. The summed E-state index contributed by atoms with van der Waals surface area (Å²) in [5.74, 6) is 0.465. The Kier molecular flexibility index (Phi) is 6.21. The van der Waals surface area contributed by atoms with Crippen molar-refractivity contribution in [3.8, 4) is 11.4 Å². The summed E-state index contributed by atoms with van der Waals surface area (Å²) in [6.07, 6.45) is 4.88. The summed E-state index contributed by atoms with van der Waals surface area (Å²) in [5, 5.41) is 11.7.